The third kappa shape index (κ3) is 5.69. The Morgan fingerprint density at radius 2 is 1.91 bits per heavy atom. The molecule has 1 heterocycles. The molecule has 2 aromatic rings. The van der Waals surface area contributed by atoms with Crippen LogP contribution in [0.1, 0.15) is 16.5 Å². The van der Waals surface area contributed by atoms with E-state index in [2.05, 4.69) is 82.5 Å². The molecule has 0 aliphatic heterocycles. The zero-order valence-electron chi connectivity index (χ0n) is 14.1. The van der Waals surface area contributed by atoms with Crippen molar-refractivity contribution in [3.63, 3.8) is 0 Å². The number of hydrogen-bond donors (Lipinski definition) is 2. The number of hydrogen-bond acceptors (Lipinski definition) is 3. The minimum atomic E-state index is 0.312. The number of nitrogens with zero attached hydrogens (tertiary/aromatic N) is 2. The summed E-state index contributed by atoms with van der Waals surface area (Å²) in [6.45, 7) is 1.70. The van der Waals surface area contributed by atoms with Crippen molar-refractivity contribution < 1.29 is 0 Å². The van der Waals surface area contributed by atoms with E-state index in [1.54, 1.807) is 11.3 Å². The van der Waals surface area contributed by atoms with Gasteiger partial charge in [0.15, 0.2) is 5.96 Å². The summed E-state index contributed by atoms with van der Waals surface area (Å²) in [5, 5.41) is 8.93. The van der Waals surface area contributed by atoms with Gasteiger partial charge in [0.1, 0.15) is 0 Å². The molecule has 124 valence electrons. The van der Waals surface area contributed by atoms with Gasteiger partial charge in [-0.15, -0.1) is 11.3 Å². The van der Waals surface area contributed by atoms with Gasteiger partial charge in [-0.2, -0.15) is 0 Å². The second-order valence-electron chi connectivity index (χ2n) is 5.60. The average molecular weight is 331 g/mol. The molecule has 0 aliphatic rings. The molecule has 1 atom stereocenters. The Labute approximate surface area is 143 Å². The van der Waals surface area contributed by atoms with Crippen LogP contribution >= 0.6 is 11.3 Å². The summed E-state index contributed by atoms with van der Waals surface area (Å²) in [4.78, 5) is 7.93. The van der Waals surface area contributed by atoms with Gasteiger partial charge in [0.05, 0.1) is 6.04 Å². The van der Waals surface area contributed by atoms with E-state index in [-0.39, 0.29) is 0 Å². The van der Waals surface area contributed by atoms with E-state index < -0.39 is 0 Å². The van der Waals surface area contributed by atoms with Gasteiger partial charge < -0.3 is 15.5 Å². The Kier molecular flexibility index (Phi) is 7.10. The first-order valence-electron chi connectivity index (χ1n) is 7.89. The van der Waals surface area contributed by atoms with Crippen LogP contribution in [0, 0.1) is 0 Å². The normalized spacial score (nSPS) is 13.1. The van der Waals surface area contributed by atoms with Crippen molar-refractivity contribution in [1.82, 2.24) is 15.5 Å². The SMILES string of the molecule is CN=C(NCCc1cccs1)NCC(c1ccccc1)N(C)C. The first kappa shape index (κ1) is 17.5. The first-order valence-corrected chi connectivity index (χ1v) is 8.77. The third-order valence-corrected chi connectivity index (χ3v) is 4.67. The second kappa shape index (κ2) is 9.33. The molecule has 5 heteroatoms. The highest BCUT2D eigenvalue weighted by Gasteiger charge is 2.14. The Balaban J connectivity index is 1.83. The Bertz CT molecular complexity index is 578. The molecule has 0 amide bonds. The highest BCUT2D eigenvalue weighted by atomic mass is 32.1. The standard InChI is InChI=1S/C18H26N4S/c1-19-18(20-12-11-16-10-7-13-23-16)21-14-17(22(2)3)15-8-5-4-6-9-15/h4-10,13,17H,11-12,14H2,1-3H3,(H2,19,20,21). The van der Waals surface area contributed by atoms with Gasteiger partial charge in [0.25, 0.3) is 0 Å². The summed E-state index contributed by atoms with van der Waals surface area (Å²) >= 11 is 1.79. The van der Waals surface area contributed by atoms with Gasteiger partial charge in [0, 0.05) is 25.0 Å². The quantitative estimate of drug-likeness (QED) is 0.606. The summed E-state index contributed by atoms with van der Waals surface area (Å²) in [6, 6.07) is 15.1. The van der Waals surface area contributed by atoms with E-state index in [0.717, 1.165) is 25.5 Å². The maximum Gasteiger partial charge on any atom is 0.191 e. The fourth-order valence-corrected chi connectivity index (χ4v) is 3.16. The fraction of sp³-hybridized carbons (Fsp3) is 0.389. The average Bonchev–Trinajstić information content (AvgIpc) is 3.07. The predicted molar refractivity (Wildman–Crippen MR) is 100 cm³/mol. The lowest BCUT2D eigenvalue weighted by Crippen LogP contribution is -2.42. The van der Waals surface area contributed by atoms with Gasteiger partial charge in [-0.3, -0.25) is 4.99 Å². The summed E-state index contributed by atoms with van der Waals surface area (Å²) in [6.07, 6.45) is 1.02. The molecule has 1 aromatic carbocycles. The van der Waals surface area contributed by atoms with Crippen LogP contribution < -0.4 is 10.6 Å². The monoisotopic (exact) mass is 330 g/mol. The maximum absolute atomic E-state index is 4.31. The molecule has 1 aromatic heterocycles. The van der Waals surface area contributed by atoms with Crippen molar-refractivity contribution in [2.45, 2.75) is 12.5 Å². The van der Waals surface area contributed by atoms with Crippen molar-refractivity contribution in [1.29, 1.82) is 0 Å². The van der Waals surface area contributed by atoms with Gasteiger partial charge in [-0.05, 0) is 37.5 Å². The van der Waals surface area contributed by atoms with E-state index in [1.807, 2.05) is 7.05 Å². The molecular formula is C18H26N4S. The number of likely N-dealkylation sites (N-methyl/N-ethyl adjacent to an activating group) is 1. The van der Waals surface area contributed by atoms with Crippen LogP contribution in [0.25, 0.3) is 0 Å². The minimum Gasteiger partial charge on any atom is -0.356 e. The smallest absolute Gasteiger partial charge is 0.191 e. The highest BCUT2D eigenvalue weighted by Crippen LogP contribution is 2.16. The topological polar surface area (TPSA) is 39.7 Å². The minimum absolute atomic E-state index is 0.312. The highest BCUT2D eigenvalue weighted by molar-refractivity contribution is 7.09. The molecule has 0 fully saturated rings. The lowest BCUT2D eigenvalue weighted by molar-refractivity contribution is 0.298. The van der Waals surface area contributed by atoms with Crippen LogP contribution in [0.2, 0.25) is 0 Å². The molecule has 0 saturated heterocycles. The number of benzene rings is 1. The van der Waals surface area contributed by atoms with Crippen LogP contribution in [0.3, 0.4) is 0 Å². The predicted octanol–water partition coefficient (Wildman–Crippen LogP) is 2.76. The molecule has 4 nitrogen and oxygen atoms in total. The number of guanidine groups is 1. The zero-order valence-corrected chi connectivity index (χ0v) is 14.9. The van der Waals surface area contributed by atoms with Crippen LogP contribution in [0.4, 0.5) is 0 Å². The number of rotatable bonds is 7. The Morgan fingerprint density at radius 1 is 1.13 bits per heavy atom. The van der Waals surface area contributed by atoms with Crippen LogP contribution in [-0.2, 0) is 6.42 Å². The fourth-order valence-electron chi connectivity index (χ4n) is 2.45. The van der Waals surface area contributed by atoms with Crippen molar-refractivity contribution in [3.8, 4) is 0 Å². The lowest BCUT2D eigenvalue weighted by atomic mass is 10.1. The van der Waals surface area contributed by atoms with Gasteiger partial charge >= 0.3 is 0 Å². The molecule has 0 spiro atoms. The first-order chi connectivity index (χ1) is 11.2. The van der Waals surface area contributed by atoms with Gasteiger partial charge in [-0.25, -0.2) is 0 Å². The van der Waals surface area contributed by atoms with Gasteiger partial charge in [-0.1, -0.05) is 36.4 Å². The van der Waals surface area contributed by atoms with Crippen molar-refractivity contribution in [2.24, 2.45) is 4.99 Å². The molecule has 0 radical (unpaired) electrons. The third-order valence-electron chi connectivity index (χ3n) is 3.74. The van der Waals surface area contributed by atoms with Gasteiger partial charge in [0.2, 0.25) is 0 Å². The van der Waals surface area contributed by atoms with Crippen molar-refractivity contribution in [3.05, 3.63) is 58.3 Å². The van der Waals surface area contributed by atoms with Crippen LogP contribution in [0.15, 0.2) is 52.8 Å². The Morgan fingerprint density at radius 3 is 2.52 bits per heavy atom. The van der Waals surface area contributed by atoms with E-state index in [4.69, 9.17) is 0 Å². The molecule has 2 N–H and O–H groups in total. The van der Waals surface area contributed by atoms with Crippen LogP contribution in [-0.4, -0.2) is 45.1 Å². The van der Waals surface area contributed by atoms with Crippen LogP contribution in [0.5, 0.6) is 0 Å². The number of thiophene rings is 1. The number of nitrogens with one attached hydrogen (secondary N) is 2. The van der Waals surface area contributed by atoms with E-state index in [9.17, 15) is 0 Å². The second-order valence-corrected chi connectivity index (χ2v) is 6.63. The number of aliphatic imine (C=N–C) groups is 1. The van der Waals surface area contributed by atoms with E-state index in [1.165, 1.54) is 10.4 Å². The molecule has 1 unspecified atom stereocenters. The molecular weight excluding hydrogens is 304 g/mol. The largest absolute Gasteiger partial charge is 0.356 e. The molecule has 0 aliphatic carbocycles. The summed E-state index contributed by atoms with van der Waals surface area (Å²) < 4.78 is 0. The molecule has 0 bridgehead atoms. The summed E-state index contributed by atoms with van der Waals surface area (Å²) in [7, 11) is 6.02. The van der Waals surface area contributed by atoms with E-state index in [0.29, 0.717) is 6.04 Å². The zero-order chi connectivity index (χ0) is 16.5. The molecule has 23 heavy (non-hydrogen) atoms. The maximum atomic E-state index is 4.31. The summed E-state index contributed by atoms with van der Waals surface area (Å²) in [5.74, 6) is 0.851. The molecule has 0 saturated carbocycles. The van der Waals surface area contributed by atoms with E-state index >= 15 is 0 Å². The summed E-state index contributed by atoms with van der Waals surface area (Å²) in [5.41, 5.74) is 1.30. The Hall–Kier alpha value is -1.85. The molecule has 2 rings (SSSR count). The van der Waals surface area contributed by atoms with Crippen molar-refractivity contribution in [2.75, 3.05) is 34.2 Å². The lowest BCUT2D eigenvalue weighted by Gasteiger charge is -2.26. The van der Waals surface area contributed by atoms with Crippen molar-refractivity contribution >= 4 is 17.3 Å².